The number of nitrogens with one attached hydrogen (secondary N) is 1. The maximum Gasteiger partial charge on any atom is 0.333 e. The Morgan fingerprint density at radius 2 is 2.38 bits per heavy atom. The summed E-state index contributed by atoms with van der Waals surface area (Å²) < 4.78 is 9.40. The Hall–Kier alpha value is -0.870. The van der Waals surface area contributed by atoms with Crippen LogP contribution >= 0.6 is 0 Å². The van der Waals surface area contributed by atoms with E-state index in [1.807, 2.05) is 0 Å². The molecule has 1 aliphatic heterocycles. The molecule has 0 aromatic heterocycles. The van der Waals surface area contributed by atoms with Gasteiger partial charge in [-0.15, -0.1) is 0 Å². The van der Waals surface area contributed by atoms with Gasteiger partial charge in [0.05, 0.1) is 19.9 Å². The average Bonchev–Trinajstić information content (AvgIpc) is 2.61. The number of rotatable bonds is 2. The van der Waals surface area contributed by atoms with E-state index in [2.05, 4.69) is 16.6 Å². The molecule has 0 aliphatic carbocycles. The predicted molar refractivity (Wildman–Crippen MR) is 50.3 cm³/mol. The molecule has 13 heavy (non-hydrogen) atoms. The largest absolute Gasteiger partial charge is 0.463 e. The average molecular weight is 187 g/mol. The second-order valence-electron chi connectivity index (χ2n) is 2.55. The van der Waals surface area contributed by atoms with Gasteiger partial charge in [-0.1, -0.05) is 6.58 Å². The minimum absolute atomic E-state index is 0.312. The molecule has 1 fully saturated rings. The zero-order valence-electron chi connectivity index (χ0n) is 8.26. The molecule has 1 aliphatic rings. The number of esters is 1. The van der Waals surface area contributed by atoms with Crippen molar-refractivity contribution < 1.29 is 14.3 Å². The number of carbonyl (C=O) groups is 1. The van der Waals surface area contributed by atoms with Crippen molar-refractivity contribution in [2.45, 2.75) is 13.8 Å². The third-order valence-electron chi connectivity index (χ3n) is 1.25. The summed E-state index contributed by atoms with van der Waals surface area (Å²) in [6.45, 7) is 9.88. The molecule has 4 nitrogen and oxygen atoms in total. The predicted octanol–water partition coefficient (Wildman–Crippen LogP) is 0.689. The van der Waals surface area contributed by atoms with E-state index in [1.165, 1.54) is 0 Å². The topological polar surface area (TPSA) is 47.6 Å². The molecule has 1 N–H and O–H groups in total. The molecule has 1 rings (SSSR count). The summed E-state index contributed by atoms with van der Waals surface area (Å²) in [4.78, 5) is 10.4. The summed E-state index contributed by atoms with van der Waals surface area (Å²) >= 11 is 0. The maximum absolute atomic E-state index is 10.4. The molecule has 0 radical (unpaired) electrons. The van der Waals surface area contributed by atoms with Crippen LogP contribution < -0.4 is 5.32 Å². The summed E-state index contributed by atoms with van der Waals surface area (Å²) in [6, 6.07) is 0. The first-order valence-corrected chi connectivity index (χ1v) is 4.29. The molecule has 1 saturated heterocycles. The van der Waals surface area contributed by atoms with E-state index in [0.717, 1.165) is 19.9 Å². The molecule has 0 aromatic rings. The van der Waals surface area contributed by atoms with Crippen molar-refractivity contribution in [3.8, 4) is 0 Å². The Bertz CT molecular complexity index is 157. The molecular formula is C9H17NO3. The van der Waals surface area contributed by atoms with Crippen LogP contribution in [0, 0.1) is 0 Å². The number of ether oxygens (including phenoxy) is 2. The highest BCUT2D eigenvalue weighted by Gasteiger charge is 1.98. The van der Waals surface area contributed by atoms with E-state index in [-0.39, 0.29) is 5.97 Å². The lowest BCUT2D eigenvalue weighted by Crippen LogP contribution is -2.05. The van der Waals surface area contributed by atoms with Crippen LogP contribution in [-0.4, -0.2) is 32.5 Å². The molecule has 0 aromatic carbocycles. The van der Waals surface area contributed by atoms with Gasteiger partial charge in [0.15, 0.2) is 0 Å². The SMILES string of the molecule is C1COCN1.C=C(C)C(=O)OCC. The summed E-state index contributed by atoms with van der Waals surface area (Å²) in [5, 5.41) is 3.00. The van der Waals surface area contributed by atoms with Crippen LogP contribution in [0.5, 0.6) is 0 Å². The lowest BCUT2D eigenvalue weighted by Gasteiger charge is -1.96. The van der Waals surface area contributed by atoms with Gasteiger partial charge in [-0.3, -0.25) is 5.32 Å². The maximum atomic E-state index is 10.4. The molecule has 76 valence electrons. The van der Waals surface area contributed by atoms with Crippen molar-refractivity contribution in [1.29, 1.82) is 0 Å². The Labute approximate surface area is 78.9 Å². The van der Waals surface area contributed by atoms with Gasteiger partial charge in [0, 0.05) is 12.1 Å². The second kappa shape index (κ2) is 7.76. The zero-order chi connectivity index (χ0) is 10.1. The van der Waals surface area contributed by atoms with Crippen LogP contribution in [0.2, 0.25) is 0 Å². The van der Waals surface area contributed by atoms with E-state index in [1.54, 1.807) is 13.8 Å². The van der Waals surface area contributed by atoms with Crippen molar-refractivity contribution in [1.82, 2.24) is 5.32 Å². The van der Waals surface area contributed by atoms with Gasteiger partial charge in [-0.25, -0.2) is 4.79 Å². The van der Waals surface area contributed by atoms with Crippen molar-refractivity contribution >= 4 is 5.97 Å². The third-order valence-corrected chi connectivity index (χ3v) is 1.25. The summed E-state index contributed by atoms with van der Waals surface area (Å²) in [5.41, 5.74) is 0.451. The smallest absolute Gasteiger partial charge is 0.333 e. The Kier molecular flexibility index (Phi) is 7.24. The molecular weight excluding hydrogens is 170 g/mol. The summed E-state index contributed by atoms with van der Waals surface area (Å²) in [7, 11) is 0. The van der Waals surface area contributed by atoms with Gasteiger partial charge in [-0.05, 0) is 13.8 Å². The van der Waals surface area contributed by atoms with E-state index in [0.29, 0.717) is 12.2 Å². The van der Waals surface area contributed by atoms with Crippen LogP contribution in [0.15, 0.2) is 12.2 Å². The minimum Gasteiger partial charge on any atom is -0.463 e. The van der Waals surface area contributed by atoms with E-state index < -0.39 is 0 Å². The highest BCUT2D eigenvalue weighted by molar-refractivity contribution is 5.86. The van der Waals surface area contributed by atoms with E-state index in [9.17, 15) is 4.79 Å². The van der Waals surface area contributed by atoms with Crippen LogP contribution in [0.4, 0.5) is 0 Å². The minimum atomic E-state index is -0.312. The molecule has 0 atom stereocenters. The quantitative estimate of drug-likeness (QED) is 0.510. The standard InChI is InChI=1S/C6H10O2.C3H7NO/c1-4-8-6(7)5(2)3;1-2-5-3-4-1/h2,4H2,1,3H3;4H,1-3H2. The van der Waals surface area contributed by atoms with Crippen LogP contribution in [0.25, 0.3) is 0 Å². The molecule has 4 heteroatoms. The van der Waals surface area contributed by atoms with Gasteiger partial charge in [-0.2, -0.15) is 0 Å². The van der Waals surface area contributed by atoms with Crippen molar-refractivity contribution in [2.75, 3.05) is 26.5 Å². The van der Waals surface area contributed by atoms with Crippen molar-refractivity contribution in [3.05, 3.63) is 12.2 Å². The van der Waals surface area contributed by atoms with E-state index in [4.69, 9.17) is 4.74 Å². The van der Waals surface area contributed by atoms with Crippen molar-refractivity contribution in [3.63, 3.8) is 0 Å². The van der Waals surface area contributed by atoms with Gasteiger partial charge in [0.25, 0.3) is 0 Å². The molecule has 1 heterocycles. The third kappa shape index (κ3) is 7.49. The Balaban J connectivity index is 0.000000243. The molecule has 0 amide bonds. The normalized spacial score (nSPS) is 14.3. The fourth-order valence-electron chi connectivity index (χ4n) is 0.615. The number of carbonyl (C=O) groups excluding carboxylic acids is 1. The monoisotopic (exact) mass is 187 g/mol. The first kappa shape index (κ1) is 12.1. The van der Waals surface area contributed by atoms with Crippen LogP contribution in [-0.2, 0) is 14.3 Å². The number of hydrogen-bond acceptors (Lipinski definition) is 4. The Morgan fingerprint density at radius 1 is 1.69 bits per heavy atom. The van der Waals surface area contributed by atoms with Gasteiger partial charge < -0.3 is 9.47 Å². The van der Waals surface area contributed by atoms with Crippen LogP contribution in [0.3, 0.4) is 0 Å². The molecule has 0 spiro atoms. The highest BCUT2D eigenvalue weighted by Crippen LogP contribution is 1.89. The fourth-order valence-corrected chi connectivity index (χ4v) is 0.615. The number of hydrogen-bond donors (Lipinski definition) is 1. The first-order valence-electron chi connectivity index (χ1n) is 4.29. The van der Waals surface area contributed by atoms with Gasteiger partial charge in [0.2, 0.25) is 0 Å². The molecule has 0 unspecified atom stereocenters. The zero-order valence-corrected chi connectivity index (χ0v) is 8.26. The Morgan fingerprint density at radius 3 is 2.54 bits per heavy atom. The summed E-state index contributed by atoms with van der Waals surface area (Å²) in [6.07, 6.45) is 0. The highest BCUT2D eigenvalue weighted by atomic mass is 16.5. The first-order chi connectivity index (χ1) is 6.18. The van der Waals surface area contributed by atoms with Crippen molar-refractivity contribution in [2.24, 2.45) is 0 Å². The van der Waals surface area contributed by atoms with Gasteiger partial charge >= 0.3 is 5.97 Å². The lowest BCUT2D eigenvalue weighted by atomic mass is 10.4. The molecule has 0 saturated carbocycles. The second-order valence-corrected chi connectivity index (χ2v) is 2.55. The van der Waals surface area contributed by atoms with Gasteiger partial charge in [0.1, 0.15) is 0 Å². The fraction of sp³-hybridized carbons (Fsp3) is 0.667. The van der Waals surface area contributed by atoms with Crippen LogP contribution in [0.1, 0.15) is 13.8 Å². The lowest BCUT2D eigenvalue weighted by molar-refractivity contribution is -0.138. The summed E-state index contributed by atoms with van der Waals surface area (Å²) in [5.74, 6) is -0.312. The molecule has 0 bridgehead atoms. The van der Waals surface area contributed by atoms with E-state index >= 15 is 0 Å².